The number of para-hydroxylation sites is 1. The van der Waals surface area contributed by atoms with Crippen molar-refractivity contribution >= 4 is 45.8 Å². The molecule has 0 aliphatic carbocycles. The first-order valence-corrected chi connectivity index (χ1v) is 12.3. The number of carbonyl (C=O) groups is 3. The lowest BCUT2D eigenvalue weighted by Crippen LogP contribution is -2.51. The van der Waals surface area contributed by atoms with Gasteiger partial charge in [-0.2, -0.15) is 0 Å². The average molecular weight is 536 g/mol. The van der Waals surface area contributed by atoms with Crippen molar-refractivity contribution in [3.8, 4) is 11.1 Å². The Bertz CT molecular complexity index is 1530. The van der Waals surface area contributed by atoms with Crippen LogP contribution in [0.2, 0.25) is 5.02 Å². The van der Waals surface area contributed by atoms with E-state index in [1.54, 1.807) is 71.4 Å². The number of aliphatic hydroxyl groups is 1. The molecule has 0 aliphatic rings. The summed E-state index contributed by atoms with van der Waals surface area (Å²) in [6.07, 6.45) is 0.346. The van der Waals surface area contributed by atoms with Crippen molar-refractivity contribution < 1.29 is 23.9 Å². The smallest absolute Gasteiger partial charge is 0.249 e. The minimum absolute atomic E-state index is 0.110. The highest BCUT2D eigenvalue weighted by Gasteiger charge is 2.32. The van der Waals surface area contributed by atoms with Crippen LogP contribution < -0.4 is 5.32 Å². The van der Waals surface area contributed by atoms with Gasteiger partial charge >= 0.3 is 0 Å². The Morgan fingerprint density at radius 1 is 1.03 bits per heavy atom. The van der Waals surface area contributed by atoms with Crippen LogP contribution in [0.15, 0.2) is 72.9 Å². The number of anilines is 1. The van der Waals surface area contributed by atoms with E-state index >= 15 is 4.39 Å². The number of carbonyl (C=O) groups excluding carboxylic acids is 3. The van der Waals surface area contributed by atoms with E-state index in [2.05, 4.69) is 5.32 Å². The van der Waals surface area contributed by atoms with Crippen LogP contribution in [-0.2, 0) is 16.1 Å². The predicted molar refractivity (Wildman–Crippen MR) is 146 cm³/mol. The fraction of sp³-hybridized carbons (Fsp3) is 0.207. The highest BCUT2D eigenvalue weighted by molar-refractivity contribution is 6.33. The summed E-state index contributed by atoms with van der Waals surface area (Å²) in [5, 5.41) is 14.0. The Hall–Kier alpha value is -4.01. The van der Waals surface area contributed by atoms with E-state index in [1.807, 2.05) is 0 Å². The van der Waals surface area contributed by atoms with Crippen LogP contribution in [0.25, 0.3) is 22.0 Å². The Balaban J connectivity index is 1.57. The Morgan fingerprint density at radius 2 is 1.68 bits per heavy atom. The molecule has 0 bridgehead atoms. The third kappa shape index (κ3) is 5.32. The van der Waals surface area contributed by atoms with Crippen LogP contribution in [0.4, 0.5) is 10.1 Å². The molecular weight excluding hydrogens is 509 g/mol. The van der Waals surface area contributed by atoms with Gasteiger partial charge in [-0.05, 0) is 32.0 Å². The number of nitrogens with one attached hydrogen (secondary N) is 1. The van der Waals surface area contributed by atoms with Crippen molar-refractivity contribution in [2.24, 2.45) is 0 Å². The first-order valence-electron chi connectivity index (χ1n) is 12.0. The molecule has 0 spiro atoms. The SMILES string of the molecule is CC(=O)c1cn(CC(=O)N(C)C(C(=O)Nc2cccc(-c3ccccc3Cl)c2F)C(C)O)c2ccccc12. The molecule has 0 saturated heterocycles. The summed E-state index contributed by atoms with van der Waals surface area (Å²) in [6, 6.07) is 17.2. The van der Waals surface area contributed by atoms with Crippen LogP contribution >= 0.6 is 11.6 Å². The number of ketones is 1. The molecule has 1 aromatic heterocycles. The number of hydrogen-bond donors (Lipinski definition) is 2. The van der Waals surface area contributed by atoms with Crippen LogP contribution in [0.5, 0.6) is 0 Å². The predicted octanol–water partition coefficient (Wildman–Crippen LogP) is 5.15. The van der Waals surface area contributed by atoms with Gasteiger partial charge < -0.3 is 19.9 Å². The molecule has 0 radical (unpaired) electrons. The van der Waals surface area contributed by atoms with E-state index in [1.165, 1.54) is 27.0 Å². The summed E-state index contributed by atoms with van der Waals surface area (Å²) in [5.74, 6) is -2.06. The zero-order valence-electron chi connectivity index (χ0n) is 21.1. The van der Waals surface area contributed by atoms with E-state index in [0.717, 1.165) is 4.90 Å². The van der Waals surface area contributed by atoms with Gasteiger partial charge in [0.1, 0.15) is 12.6 Å². The number of hydrogen-bond acceptors (Lipinski definition) is 4. The quantitative estimate of drug-likeness (QED) is 0.305. The number of halogens is 2. The van der Waals surface area contributed by atoms with E-state index < -0.39 is 29.8 Å². The molecule has 2 atom stereocenters. The molecule has 0 fully saturated rings. The van der Waals surface area contributed by atoms with Gasteiger partial charge in [-0.1, -0.05) is 60.1 Å². The second-order valence-corrected chi connectivity index (χ2v) is 9.48. The fourth-order valence-corrected chi connectivity index (χ4v) is 4.75. The van der Waals surface area contributed by atoms with Gasteiger partial charge in [0.2, 0.25) is 11.8 Å². The lowest BCUT2D eigenvalue weighted by molar-refractivity contribution is -0.140. The van der Waals surface area contributed by atoms with E-state index in [0.29, 0.717) is 27.1 Å². The van der Waals surface area contributed by atoms with Crippen molar-refractivity contribution in [3.63, 3.8) is 0 Å². The van der Waals surface area contributed by atoms with Gasteiger partial charge in [-0.25, -0.2) is 4.39 Å². The van der Waals surface area contributed by atoms with Crippen molar-refractivity contribution in [1.29, 1.82) is 0 Å². The van der Waals surface area contributed by atoms with Crippen LogP contribution in [0.1, 0.15) is 24.2 Å². The normalized spacial score (nSPS) is 12.7. The maximum absolute atomic E-state index is 15.4. The summed E-state index contributed by atoms with van der Waals surface area (Å²) in [5.41, 5.74) is 1.73. The minimum Gasteiger partial charge on any atom is -0.391 e. The number of fused-ring (bicyclic) bond motifs is 1. The van der Waals surface area contributed by atoms with Gasteiger partial charge in [-0.15, -0.1) is 0 Å². The van der Waals surface area contributed by atoms with Gasteiger partial charge in [0, 0.05) is 45.9 Å². The summed E-state index contributed by atoms with van der Waals surface area (Å²) in [4.78, 5) is 39.6. The third-order valence-corrected chi connectivity index (χ3v) is 6.76. The largest absolute Gasteiger partial charge is 0.391 e. The van der Waals surface area contributed by atoms with Gasteiger partial charge in [-0.3, -0.25) is 14.4 Å². The molecular formula is C29H27ClFN3O4. The van der Waals surface area contributed by atoms with Crippen molar-refractivity contribution in [2.75, 3.05) is 12.4 Å². The van der Waals surface area contributed by atoms with Crippen molar-refractivity contribution in [3.05, 3.63) is 89.3 Å². The molecule has 2 amide bonds. The second-order valence-electron chi connectivity index (χ2n) is 9.07. The fourth-order valence-electron chi connectivity index (χ4n) is 4.51. The number of amides is 2. The Kier molecular flexibility index (Phi) is 7.94. The van der Waals surface area contributed by atoms with Crippen LogP contribution in [-0.4, -0.2) is 51.4 Å². The maximum Gasteiger partial charge on any atom is 0.249 e. The van der Waals surface area contributed by atoms with Gasteiger partial charge in [0.25, 0.3) is 0 Å². The summed E-state index contributed by atoms with van der Waals surface area (Å²) in [6.45, 7) is 2.66. The zero-order valence-corrected chi connectivity index (χ0v) is 21.9. The molecule has 0 aliphatic heterocycles. The molecule has 2 unspecified atom stereocenters. The number of aliphatic hydroxyl groups excluding tert-OH is 1. The van der Waals surface area contributed by atoms with Crippen LogP contribution in [0.3, 0.4) is 0 Å². The number of rotatable bonds is 8. The monoisotopic (exact) mass is 535 g/mol. The van der Waals surface area contributed by atoms with Gasteiger partial charge in [0.05, 0.1) is 11.8 Å². The minimum atomic E-state index is -1.31. The first kappa shape index (κ1) is 27.0. The van der Waals surface area contributed by atoms with E-state index in [4.69, 9.17) is 11.6 Å². The molecule has 3 aromatic carbocycles. The van der Waals surface area contributed by atoms with E-state index in [9.17, 15) is 19.5 Å². The first-order chi connectivity index (χ1) is 18.1. The summed E-state index contributed by atoms with van der Waals surface area (Å²) < 4.78 is 17.0. The standard InChI is InChI=1S/C29H27ClFN3O4/c1-17(35)22-15-34(25-14-7-5-10-20(22)25)16-26(37)33(3)28(18(2)36)29(38)32-24-13-8-11-21(27(24)31)19-9-4-6-12-23(19)30/h4-15,18,28,36H,16H2,1-3H3,(H,32,38). The number of aromatic nitrogens is 1. The average Bonchev–Trinajstić information content (AvgIpc) is 3.24. The molecule has 1 heterocycles. The second kappa shape index (κ2) is 11.2. The zero-order chi connectivity index (χ0) is 27.6. The maximum atomic E-state index is 15.4. The highest BCUT2D eigenvalue weighted by Crippen LogP contribution is 2.32. The Morgan fingerprint density at radius 3 is 2.37 bits per heavy atom. The number of Topliss-reactive ketones (excluding diaryl/α,β-unsaturated/α-hetero) is 1. The van der Waals surface area contributed by atoms with Crippen molar-refractivity contribution in [1.82, 2.24) is 9.47 Å². The molecule has 4 aromatic rings. The number of likely N-dealkylation sites (N-methyl/N-ethyl adjacent to an activating group) is 1. The van der Waals surface area contributed by atoms with Crippen LogP contribution in [0, 0.1) is 5.82 Å². The van der Waals surface area contributed by atoms with Crippen molar-refractivity contribution in [2.45, 2.75) is 32.5 Å². The highest BCUT2D eigenvalue weighted by atomic mass is 35.5. The van der Waals surface area contributed by atoms with E-state index in [-0.39, 0.29) is 23.6 Å². The molecule has 38 heavy (non-hydrogen) atoms. The molecule has 2 N–H and O–H groups in total. The molecule has 0 saturated carbocycles. The molecule has 7 nitrogen and oxygen atoms in total. The lowest BCUT2D eigenvalue weighted by Gasteiger charge is -2.29. The van der Waals surface area contributed by atoms with Gasteiger partial charge in [0.15, 0.2) is 11.6 Å². The molecule has 9 heteroatoms. The molecule has 4 rings (SSSR count). The number of nitrogens with zero attached hydrogens (tertiary/aromatic N) is 2. The molecule has 196 valence electrons. The Labute approximate surface area is 224 Å². The summed E-state index contributed by atoms with van der Waals surface area (Å²) >= 11 is 6.23. The topological polar surface area (TPSA) is 91.6 Å². The lowest BCUT2D eigenvalue weighted by atomic mass is 10.0. The third-order valence-electron chi connectivity index (χ3n) is 6.43. The number of benzene rings is 3. The summed E-state index contributed by atoms with van der Waals surface area (Å²) in [7, 11) is 1.40.